The molecule has 0 spiro atoms. The molecule has 0 aliphatic carbocycles. The minimum atomic E-state index is -5.08. The summed E-state index contributed by atoms with van der Waals surface area (Å²) in [6.45, 7) is 1.78. The number of hydrogen-bond donors (Lipinski definition) is 3. The number of β-amino-alcohol motifs (C(OH)–C–C–N with tert-alkyl or cyclic N) is 1. The molecule has 2 aliphatic heterocycles. The number of aryl methyl sites for hydroxylation is 1. The minimum absolute atomic E-state index is 0.157. The number of nitrogens with zero attached hydrogens (tertiary/aromatic N) is 4. The van der Waals surface area contributed by atoms with E-state index in [1.807, 2.05) is 18.1 Å². The number of carboxylic acids is 2. The number of halogens is 6. The lowest BCUT2D eigenvalue weighted by Gasteiger charge is -2.23. The van der Waals surface area contributed by atoms with Gasteiger partial charge in [0.15, 0.2) is 0 Å². The summed E-state index contributed by atoms with van der Waals surface area (Å²) < 4.78 is 65.2. The predicted molar refractivity (Wildman–Crippen MR) is 93.5 cm³/mol. The Morgan fingerprint density at radius 1 is 1.09 bits per heavy atom. The molecule has 0 unspecified atom stereocenters. The Balaban J connectivity index is 0.000000305. The Kier molecular flexibility index (Phi) is 9.02. The molecule has 1 amide bonds. The van der Waals surface area contributed by atoms with E-state index in [0.717, 1.165) is 18.7 Å². The van der Waals surface area contributed by atoms with Gasteiger partial charge in [-0.15, -0.1) is 0 Å². The summed E-state index contributed by atoms with van der Waals surface area (Å²) in [5.74, 6) is -5.35. The zero-order valence-electron chi connectivity index (χ0n) is 16.5. The van der Waals surface area contributed by atoms with Gasteiger partial charge in [-0.3, -0.25) is 14.4 Å². The van der Waals surface area contributed by atoms with Gasteiger partial charge < -0.3 is 20.2 Å². The number of rotatable bonds is 3. The van der Waals surface area contributed by atoms with Crippen LogP contribution in [-0.4, -0.2) is 92.0 Å². The summed E-state index contributed by atoms with van der Waals surface area (Å²) in [5.41, 5.74) is 0.890. The van der Waals surface area contributed by atoms with E-state index in [9.17, 15) is 31.1 Å². The Labute approximate surface area is 176 Å². The van der Waals surface area contributed by atoms with Crippen molar-refractivity contribution >= 4 is 23.5 Å². The Hall–Kier alpha value is -2.88. The van der Waals surface area contributed by atoms with E-state index in [4.69, 9.17) is 24.9 Å². The lowest BCUT2D eigenvalue weighted by atomic mass is 10.1. The summed E-state index contributed by atoms with van der Waals surface area (Å²) in [6.07, 6.45) is -5.01. The second kappa shape index (κ2) is 10.6. The first-order valence-electron chi connectivity index (χ1n) is 8.85. The first kappa shape index (κ1) is 27.2. The van der Waals surface area contributed by atoms with E-state index < -0.39 is 24.3 Å². The van der Waals surface area contributed by atoms with Crippen molar-refractivity contribution < 1.29 is 56.0 Å². The molecule has 0 aromatic carbocycles. The van der Waals surface area contributed by atoms with Crippen LogP contribution in [0, 0.1) is 0 Å². The third-order valence-electron chi connectivity index (χ3n) is 4.45. The van der Waals surface area contributed by atoms with Crippen molar-refractivity contribution in [1.82, 2.24) is 14.7 Å². The van der Waals surface area contributed by atoms with Gasteiger partial charge in [0.1, 0.15) is 0 Å². The number of hydrogen-bond acceptors (Lipinski definition) is 6. The van der Waals surface area contributed by atoms with Crippen molar-refractivity contribution in [3.8, 4) is 0 Å². The molecule has 3 heterocycles. The van der Waals surface area contributed by atoms with Gasteiger partial charge in [-0.25, -0.2) is 9.59 Å². The van der Waals surface area contributed by atoms with Crippen molar-refractivity contribution in [3.05, 3.63) is 12.4 Å². The van der Waals surface area contributed by atoms with Gasteiger partial charge in [-0.1, -0.05) is 0 Å². The molecule has 2 fully saturated rings. The van der Waals surface area contributed by atoms with Crippen LogP contribution in [0.5, 0.6) is 0 Å². The Morgan fingerprint density at radius 3 is 1.97 bits per heavy atom. The fourth-order valence-electron chi connectivity index (χ4n) is 3.20. The first-order chi connectivity index (χ1) is 14.6. The molecule has 32 heavy (non-hydrogen) atoms. The highest BCUT2D eigenvalue weighted by atomic mass is 19.4. The topological polar surface area (TPSA) is 136 Å². The number of likely N-dealkylation sites (tertiary alicyclic amines) is 1. The number of aliphatic hydroxyl groups is 1. The van der Waals surface area contributed by atoms with E-state index in [1.54, 1.807) is 10.9 Å². The molecule has 3 N–H and O–H groups in total. The monoisotopic (exact) mass is 478 g/mol. The van der Waals surface area contributed by atoms with Gasteiger partial charge in [0.05, 0.1) is 24.5 Å². The SMILES string of the molecule is Cn1cc(N2C(=O)C[C@H]3[C@@H]2CCN3CCO)cn1.O=C(O)C(F)(F)F.O=C(O)C(F)(F)F. The smallest absolute Gasteiger partial charge is 0.475 e. The second-order valence-corrected chi connectivity index (χ2v) is 6.63. The molecule has 1 aromatic rings. The number of alkyl halides is 6. The molecule has 3 rings (SSSR count). The molecule has 2 aliphatic rings. The number of aliphatic hydroxyl groups excluding tert-OH is 1. The van der Waals surface area contributed by atoms with Crippen molar-refractivity contribution in [1.29, 1.82) is 0 Å². The summed E-state index contributed by atoms with van der Waals surface area (Å²) in [5, 5.41) is 27.4. The summed E-state index contributed by atoms with van der Waals surface area (Å²) in [4.78, 5) is 34.0. The standard InChI is InChI=1S/C12H18N4O2.2C2HF3O2/c1-14-8-9(7-13-14)16-10-2-3-15(4-5-17)11(10)6-12(16)18;2*3-2(4,5)1(6)7/h7-8,10-11,17H,2-6H2,1H3;2*(H,6,7)/t10-,11-;;/m0../s1. The van der Waals surface area contributed by atoms with Crippen LogP contribution in [0.2, 0.25) is 0 Å². The van der Waals surface area contributed by atoms with E-state index in [0.29, 0.717) is 13.0 Å². The number of anilines is 1. The number of carbonyl (C=O) groups excluding carboxylic acids is 1. The van der Waals surface area contributed by atoms with Crippen LogP contribution in [0.3, 0.4) is 0 Å². The quantitative estimate of drug-likeness (QED) is 0.545. The van der Waals surface area contributed by atoms with E-state index >= 15 is 0 Å². The lowest BCUT2D eigenvalue weighted by molar-refractivity contribution is -0.193. The molecule has 0 bridgehead atoms. The number of fused-ring (bicyclic) bond motifs is 1. The number of aromatic nitrogens is 2. The zero-order chi connectivity index (χ0) is 24.9. The maximum Gasteiger partial charge on any atom is 0.490 e. The zero-order valence-corrected chi connectivity index (χ0v) is 16.5. The predicted octanol–water partition coefficient (Wildman–Crippen LogP) is 0.859. The Bertz CT molecular complexity index is 788. The van der Waals surface area contributed by atoms with Crippen LogP contribution in [0.15, 0.2) is 12.4 Å². The number of carboxylic acid groups (broad SMARTS) is 2. The molecule has 0 saturated carbocycles. The van der Waals surface area contributed by atoms with Crippen LogP contribution < -0.4 is 4.90 Å². The van der Waals surface area contributed by atoms with Crippen molar-refractivity contribution in [3.63, 3.8) is 0 Å². The van der Waals surface area contributed by atoms with E-state index in [-0.39, 0.29) is 24.6 Å². The molecule has 182 valence electrons. The molecule has 10 nitrogen and oxygen atoms in total. The number of aliphatic carboxylic acids is 2. The van der Waals surface area contributed by atoms with Gasteiger partial charge in [-0.2, -0.15) is 31.4 Å². The highest BCUT2D eigenvalue weighted by Crippen LogP contribution is 2.35. The van der Waals surface area contributed by atoms with Gasteiger partial charge in [-0.05, 0) is 6.42 Å². The average Bonchev–Trinajstić information content (AvgIpc) is 3.31. The van der Waals surface area contributed by atoms with Crippen LogP contribution in [0.4, 0.5) is 32.0 Å². The van der Waals surface area contributed by atoms with Gasteiger partial charge >= 0.3 is 24.3 Å². The second-order valence-electron chi connectivity index (χ2n) is 6.63. The van der Waals surface area contributed by atoms with Gasteiger partial charge in [0.2, 0.25) is 5.91 Å². The lowest BCUT2D eigenvalue weighted by Crippen LogP contribution is -2.38. The van der Waals surface area contributed by atoms with E-state index in [1.165, 1.54) is 0 Å². The van der Waals surface area contributed by atoms with Crippen LogP contribution in [-0.2, 0) is 21.4 Å². The van der Waals surface area contributed by atoms with Crippen molar-refractivity contribution in [2.24, 2.45) is 7.05 Å². The maximum atomic E-state index is 12.1. The third-order valence-corrected chi connectivity index (χ3v) is 4.45. The van der Waals surface area contributed by atoms with Crippen molar-refractivity contribution in [2.75, 3.05) is 24.6 Å². The Morgan fingerprint density at radius 2 is 1.59 bits per heavy atom. The third kappa shape index (κ3) is 7.37. The summed E-state index contributed by atoms with van der Waals surface area (Å²) in [6, 6.07) is 0.498. The fourth-order valence-corrected chi connectivity index (χ4v) is 3.20. The van der Waals surface area contributed by atoms with E-state index in [2.05, 4.69) is 10.00 Å². The number of amides is 1. The molecular formula is C16H20F6N4O6. The largest absolute Gasteiger partial charge is 0.490 e. The number of carbonyl (C=O) groups is 3. The molecule has 2 saturated heterocycles. The highest BCUT2D eigenvalue weighted by Gasteiger charge is 2.47. The van der Waals surface area contributed by atoms with Crippen molar-refractivity contribution in [2.45, 2.75) is 37.3 Å². The van der Waals surface area contributed by atoms with Gasteiger partial charge in [0.25, 0.3) is 0 Å². The maximum absolute atomic E-state index is 12.1. The molecule has 16 heteroatoms. The average molecular weight is 478 g/mol. The minimum Gasteiger partial charge on any atom is -0.475 e. The first-order valence-corrected chi connectivity index (χ1v) is 8.85. The summed E-state index contributed by atoms with van der Waals surface area (Å²) in [7, 11) is 1.86. The molecular weight excluding hydrogens is 458 g/mol. The van der Waals surface area contributed by atoms with Crippen LogP contribution in [0.1, 0.15) is 12.8 Å². The molecule has 1 aromatic heterocycles. The highest BCUT2D eigenvalue weighted by molar-refractivity contribution is 5.97. The van der Waals surface area contributed by atoms with Crippen LogP contribution in [0.25, 0.3) is 0 Å². The summed E-state index contributed by atoms with van der Waals surface area (Å²) >= 11 is 0. The van der Waals surface area contributed by atoms with Crippen LogP contribution >= 0.6 is 0 Å². The normalized spacial score (nSPS) is 20.8. The molecule has 2 atom stereocenters. The fraction of sp³-hybridized carbons (Fsp3) is 0.625. The molecule has 0 radical (unpaired) electrons. The van der Waals surface area contributed by atoms with Gasteiger partial charge in [0, 0.05) is 38.8 Å².